The lowest BCUT2D eigenvalue weighted by molar-refractivity contribution is 0.279. The Balaban J connectivity index is 2.29. The van der Waals surface area contributed by atoms with E-state index in [0.29, 0.717) is 18.1 Å². The molecule has 1 aliphatic heterocycles. The van der Waals surface area contributed by atoms with E-state index in [0.717, 1.165) is 5.56 Å². The standard InChI is InChI=1S/C12H12N2O/c1-12(2)8-15-11(14-12)10-5-3-9(7-13)4-6-10/h3-6H,8H2,1-2H3. The second-order valence-corrected chi connectivity index (χ2v) is 4.21. The van der Waals surface area contributed by atoms with Crippen LogP contribution in [-0.2, 0) is 4.74 Å². The summed E-state index contributed by atoms with van der Waals surface area (Å²) in [7, 11) is 0. The number of benzene rings is 1. The van der Waals surface area contributed by atoms with Crippen LogP contribution in [0.2, 0.25) is 0 Å². The van der Waals surface area contributed by atoms with Gasteiger partial charge >= 0.3 is 0 Å². The molecule has 0 aliphatic carbocycles. The lowest BCUT2D eigenvalue weighted by atomic mass is 10.1. The molecule has 1 aliphatic rings. The molecule has 0 radical (unpaired) electrons. The average molecular weight is 200 g/mol. The quantitative estimate of drug-likeness (QED) is 0.697. The summed E-state index contributed by atoms with van der Waals surface area (Å²) < 4.78 is 5.49. The Morgan fingerprint density at radius 2 is 2.00 bits per heavy atom. The molecule has 2 rings (SSSR count). The molecule has 3 nitrogen and oxygen atoms in total. The van der Waals surface area contributed by atoms with Crippen molar-refractivity contribution in [2.24, 2.45) is 4.99 Å². The molecular formula is C12H12N2O. The predicted molar refractivity (Wildman–Crippen MR) is 57.7 cm³/mol. The van der Waals surface area contributed by atoms with Crippen molar-refractivity contribution in [3.8, 4) is 6.07 Å². The summed E-state index contributed by atoms with van der Waals surface area (Å²) in [4.78, 5) is 4.46. The molecule has 0 saturated carbocycles. The zero-order chi connectivity index (χ0) is 10.9. The van der Waals surface area contributed by atoms with Crippen molar-refractivity contribution in [1.82, 2.24) is 0 Å². The first kappa shape index (κ1) is 9.72. The smallest absolute Gasteiger partial charge is 0.216 e. The maximum atomic E-state index is 8.67. The highest BCUT2D eigenvalue weighted by molar-refractivity contribution is 5.95. The number of hydrogen-bond donors (Lipinski definition) is 0. The zero-order valence-corrected chi connectivity index (χ0v) is 8.82. The molecule has 0 spiro atoms. The van der Waals surface area contributed by atoms with E-state index < -0.39 is 0 Å². The molecule has 0 saturated heterocycles. The summed E-state index contributed by atoms with van der Waals surface area (Å²) in [5.74, 6) is 0.671. The van der Waals surface area contributed by atoms with Crippen molar-refractivity contribution in [2.45, 2.75) is 19.4 Å². The van der Waals surface area contributed by atoms with Crippen LogP contribution in [0.1, 0.15) is 25.0 Å². The lowest BCUT2D eigenvalue weighted by Gasteiger charge is -2.07. The third kappa shape index (κ3) is 1.99. The Morgan fingerprint density at radius 3 is 2.47 bits per heavy atom. The van der Waals surface area contributed by atoms with Crippen molar-refractivity contribution in [1.29, 1.82) is 5.26 Å². The first-order chi connectivity index (χ1) is 7.11. The number of ether oxygens (including phenoxy) is 1. The van der Waals surface area contributed by atoms with Gasteiger partial charge in [-0.15, -0.1) is 0 Å². The lowest BCUT2D eigenvalue weighted by Crippen LogP contribution is -2.17. The number of nitriles is 1. The van der Waals surface area contributed by atoms with E-state index in [9.17, 15) is 0 Å². The number of hydrogen-bond acceptors (Lipinski definition) is 3. The van der Waals surface area contributed by atoms with Gasteiger partial charge in [0.25, 0.3) is 0 Å². The summed E-state index contributed by atoms with van der Waals surface area (Å²) >= 11 is 0. The summed E-state index contributed by atoms with van der Waals surface area (Å²) in [5, 5.41) is 8.67. The van der Waals surface area contributed by atoms with Crippen molar-refractivity contribution < 1.29 is 4.74 Å². The maximum absolute atomic E-state index is 8.67. The first-order valence-electron chi connectivity index (χ1n) is 4.84. The van der Waals surface area contributed by atoms with Crippen LogP contribution in [0, 0.1) is 11.3 Å². The Labute approximate surface area is 89.0 Å². The molecule has 0 aromatic heterocycles. The Hall–Kier alpha value is -1.82. The van der Waals surface area contributed by atoms with Gasteiger partial charge in [0, 0.05) is 5.56 Å². The monoisotopic (exact) mass is 200 g/mol. The molecule has 0 fully saturated rings. The topological polar surface area (TPSA) is 45.4 Å². The molecule has 0 atom stereocenters. The van der Waals surface area contributed by atoms with Crippen molar-refractivity contribution in [3.63, 3.8) is 0 Å². The van der Waals surface area contributed by atoms with Gasteiger partial charge in [0.05, 0.1) is 17.2 Å². The van der Waals surface area contributed by atoms with Crippen LogP contribution in [0.3, 0.4) is 0 Å². The van der Waals surface area contributed by atoms with Gasteiger partial charge in [-0.05, 0) is 38.1 Å². The van der Waals surface area contributed by atoms with Gasteiger partial charge in [-0.25, -0.2) is 4.99 Å². The van der Waals surface area contributed by atoms with E-state index in [1.165, 1.54) is 0 Å². The van der Waals surface area contributed by atoms with Gasteiger partial charge in [-0.1, -0.05) is 0 Å². The predicted octanol–water partition coefficient (Wildman–Crippen LogP) is 2.11. The van der Waals surface area contributed by atoms with Crippen LogP contribution in [0.25, 0.3) is 0 Å². The van der Waals surface area contributed by atoms with Crippen molar-refractivity contribution in [3.05, 3.63) is 35.4 Å². The number of rotatable bonds is 1. The van der Waals surface area contributed by atoms with E-state index in [1.807, 2.05) is 26.0 Å². The summed E-state index contributed by atoms with van der Waals surface area (Å²) in [5.41, 5.74) is 1.44. The number of nitrogens with zero attached hydrogens (tertiary/aromatic N) is 2. The summed E-state index contributed by atoms with van der Waals surface area (Å²) in [6.07, 6.45) is 0. The van der Waals surface area contributed by atoms with Gasteiger partial charge in [0.15, 0.2) is 0 Å². The highest BCUT2D eigenvalue weighted by atomic mass is 16.5. The molecule has 1 heterocycles. The summed E-state index contributed by atoms with van der Waals surface area (Å²) in [6.45, 7) is 4.68. The van der Waals surface area contributed by atoms with E-state index in [2.05, 4.69) is 11.1 Å². The Bertz CT molecular complexity index is 438. The average Bonchev–Trinajstić information content (AvgIpc) is 2.59. The highest BCUT2D eigenvalue weighted by Crippen LogP contribution is 2.20. The Kier molecular flexibility index (Phi) is 2.20. The fourth-order valence-electron chi connectivity index (χ4n) is 1.42. The first-order valence-corrected chi connectivity index (χ1v) is 4.84. The van der Waals surface area contributed by atoms with Crippen LogP contribution < -0.4 is 0 Å². The van der Waals surface area contributed by atoms with Gasteiger partial charge < -0.3 is 4.74 Å². The van der Waals surface area contributed by atoms with E-state index >= 15 is 0 Å². The number of aliphatic imine (C=N–C) groups is 1. The van der Waals surface area contributed by atoms with Crippen LogP contribution in [0.4, 0.5) is 0 Å². The molecule has 1 aromatic rings. The molecule has 0 N–H and O–H groups in total. The van der Waals surface area contributed by atoms with E-state index in [1.54, 1.807) is 12.1 Å². The highest BCUT2D eigenvalue weighted by Gasteiger charge is 2.26. The van der Waals surface area contributed by atoms with Crippen molar-refractivity contribution in [2.75, 3.05) is 6.61 Å². The molecule has 0 unspecified atom stereocenters. The van der Waals surface area contributed by atoms with Crippen LogP contribution in [0.15, 0.2) is 29.3 Å². The van der Waals surface area contributed by atoms with Crippen LogP contribution in [-0.4, -0.2) is 18.0 Å². The molecular weight excluding hydrogens is 188 g/mol. The molecule has 0 amide bonds. The third-order valence-electron chi connectivity index (χ3n) is 2.23. The zero-order valence-electron chi connectivity index (χ0n) is 8.82. The van der Waals surface area contributed by atoms with E-state index in [-0.39, 0.29) is 5.54 Å². The minimum atomic E-state index is -0.136. The molecule has 15 heavy (non-hydrogen) atoms. The van der Waals surface area contributed by atoms with Crippen molar-refractivity contribution >= 4 is 5.90 Å². The third-order valence-corrected chi connectivity index (χ3v) is 2.23. The van der Waals surface area contributed by atoms with Gasteiger partial charge in [0.2, 0.25) is 5.90 Å². The van der Waals surface area contributed by atoms with E-state index in [4.69, 9.17) is 10.00 Å². The largest absolute Gasteiger partial charge is 0.475 e. The fraction of sp³-hybridized carbons (Fsp3) is 0.333. The minimum absolute atomic E-state index is 0.136. The fourth-order valence-corrected chi connectivity index (χ4v) is 1.42. The molecule has 0 bridgehead atoms. The summed E-state index contributed by atoms with van der Waals surface area (Å²) in [6, 6.07) is 9.34. The van der Waals surface area contributed by atoms with Gasteiger partial charge in [0.1, 0.15) is 6.61 Å². The molecule has 1 aromatic carbocycles. The normalized spacial score (nSPS) is 17.8. The van der Waals surface area contributed by atoms with Crippen LogP contribution in [0.5, 0.6) is 0 Å². The SMILES string of the molecule is CC1(C)COC(c2ccc(C#N)cc2)=N1. The second kappa shape index (κ2) is 3.39. The van der Waals surface area contributed by atoms with Crippen LogP contribution >= 0.6 is 0 Å². The molecule has 76 valence electrons. The molecule has 3 heteroatoms. The van der Waals surface area contributed by atoms with Gasteiger partial charge in [-0.2, -0.15) is 5.26 Å². The van der Waals surface area contributed by atoms with Gasteiger partial charge in [-0.3, -0.25) is 0 Å². The maximum Gasteiger partial charge on any atom is 0.216 e. The second-order valence-electron chi connectivity index (χ2n) is 4.21. The Morgan fingerprint density at radius 1 is 1.33 bits per heavy atom. The minimum Gasteiger partial charge on any atom is -0.475 e.